The molecular formula is C16H10N2O2. The highest BCUT2D eigenvalue weighted by molar-refractivity contribution is 5.85. The van der Waals surface area contributed by atoms with Crippen molar-refractivity contribution in [3.8, 4) is 23.4 Å². The van der Waals surface area contributed by atoms with E-state index in [2.05, 4.69) is 4.98 Å². The van der Waals surface area contributed by atoms with Crippen molar-refractivity contribution in [2.24, 2.45) is 0 Å². The van der Waals surface area contributed by atoms with Crippen LogP contribution in [-0.2, 0) is 0 Å². The average Bonchev–Trinajstić information content (AvgIpc) is 2.48. The van der Waals surface area contributed by atoms with Crippen LogP contribution in [-0.4, -0.2) is 10.1 Å². The van der Waals surface area contributed by atoms with E-state index in [-0.39, 0.29) is 17.3 Å². The summed E-state index contributed by atoms with van der Waals surface area (Å²) >= 11 is 0. The standard InChI is InChI=1S/C16H10N2O2/c17-10-13-6-3-7-16(18-13)20-15-9-12-5-2-1-4-11(12)8-14(15)19/h1-9,19H. The Morgan fingerprint density at radius 2 is 1.75 bits per heavy atom. The van der Waals surface area contributed by atoms with E-state index in [9.17, 15) is 5.11 Å². The Morgan fingerprint density at radius 3 is 2.50 bits per heavy atom. The topological polar surface area (TPSA) is 66.1 Å². The van der Waals surface area contributed by atoms with Gasteiger partial charge in [-0.25, -0.2) is 4.98 Å². The number of phenols is 1. The second-order valence-electron chi connectivity index (χ2n) is 4.24. The van der Waals surface area contributed by atoms with E-state index in [4.69, 9.17) is 10.00 Å². The molecule has 96 valence electrons. The van der Waals surface area contributed by atoms with Crippen LogP contribution in [0.3, 0.4) is 0 Å². The van der Waals surface area contributed by atoms with E-state index < -0.39 is 0 Å². The maximum atomic E-state index is 9.98. The molecule has 1 heterocycles. The lowest BCUT2D eigenvalue weighted by atomic mass is 10.1. The lowest BCUT2D eigenvalue weighted by molar-refractivity contribution is 0.403. The Morgan fingerprint density at radius 1 is 1.00 bits per heavy atom. The van der Waals surface area contributed by atoms with Gasteiger partial charge in [0.15, 0.2) is 11.5 Å². The van der Waals surface area contributed by atoms with Crippen LogP contribution in [0.2, 0.25) is 0 Å². The number of rotatable bonds is 2. The number of benzene rings is 2. The number of fused-ring (bicyclic) bond motifs is 1. The quantitative estimate of drug-likeness (QED) is 0.766. The molecule has 0 fully saturated rings. The smallest absolute Gasteiger partial charge is 0.220 e. The Kier molecular flexibility index (Phi) is 2.94. The molecule has 3 aromatic rings. The van der Waals surface area contributed by atoms with Crippen LogP contribution in [0, 0.1) is 11.3 Å². The fourth-order valence-corrected chi connectivity index (χ4v) is 1.94. The highest BCUT2D eigenvalue weighted by atomic mass is 16.5. The average molecular weight is 262 g/mol. The van der Waals surface area contributed by atoms with E-state index in [1.165, 1.54) is 0 Å². The van der Waals surface area contributed by atoms with Gasteiger partial charge in [-0.05, 0) is 29.0 Å². The number of aromatic hydroxyl groups is 1. The minimum Gasteiger partial charge on any atom is -0.504 e. The van der Waals surface area contributed by atoms with Crippen LogP contribution in [0.15, 0.2) is 54.6 Å². The van der Waals surface area contributed by atoms with Crippen LogP contribution in [0.4, 0.5) is 0 Å². The number of hydrogen-bond donors (Lipinski definition) is 1. The van der Waals surface area contributed by atoms with Crippen molar-refractivity contribution in [2.75, 3.05) is 0 Å². The minimum atomic E-state index is 0.0351. The molecule has 0 saturated heterocycles. The van der Waals surface area contributed by atoms with Gasteiger partial charge in [0, 0.05) is 6.07 Å². The lowest BCUT2D eigenvalue weighted by Gasteiger charge is -2.08. The molecule has 20 heavy (non-hydrogen) atoms. The summed E-state index contributed by atoms with van der Waals surface area (Å²) in [4.78, 5) is 4.01. The Labute approximate surface area is 115 Å². The second kappa shape index (κ2) is 4.90. The van der Waals surface area contributed by atoms with E-state index in [1.807, 2.05) is 30.3 Å². The van der Waals surface area contributed by atoms with Gasteiger partial charge in [0.1, 0.15) is 11.8 Å². The first-order valence-electron chi connectivity index (χ1n) is 6.03. The molecule has 4 heteroatoms. The normalized spacial score (nSPS) is 10.2. The predicted octanol–water partition coefficient (Wildman–Crippen LogP) is 3.60. The van der Waals surface area contributed by atoms with Crippen LogP contribution in [0.25, 0.3) is 10.8 Å². The fourth-order valence-electron chi connectivity index (χ4n) is 1.94. The van der Waals surface area contributed by atoms with Crippen molar-refractivity contribution >= 4 is 10.8 Å². The molecule has 3 rings (SSSR count). The molecule has 0 spiro atoms. The van der Waals surface area contributed by atoms with Crippen LogP contribution < -0.4 is 4.74 Å². The minimum absolute atomic E-state index is 0.0351. The SMILES string of the molecule is N#Cc1cccc(Oc2cc3ccccc3cc2O)n1. The number of ether oxygens (including phenoxy) is 1. The third-order valence-electron chi connectivity index (χ3n) is 2.88. The monoisotopic (exact) mass is 262 g/mol. The zero-order chi connectivity index (χ0) is 13.9. The van der Waals surface area contributed by atoms with E-state index in [1.54, 1.807) is 30.3 Å². The highest BCUT2D eigenvalue weighted by Crippen LogP contribution is 2.34. The van der Waals surface area contributed by atoms with Gasteiger partial charge in [0.05, 0.1) is 0 Å². The molecule has 0 aliphatic heterocycles. The number of pyridine rings is 1. The fraction of sp³-hybridized carbons (Fsp3) is 0. The first-order valence-corrected chi connectivity index (χ1v) is 6.03. The van der Waals surface area contributed by atoms with Gasteiger partial charge in [-0.1, -0.05) is 30.3 Å². The first kappa shape index (κ1) is 12.0. The predicted molar refractivity (Wildman–Crippen MR) is 74.6 cm³/mol. The van der Waals surface area contributed by atoms with Gasteiger partial charge in [-0.15, -0.1) is 0 Å². The van der Waals surface area contributed by atoms with E-state index in [0.717, 1.165) is 10.8 Å². The summed E-state index contributed by atoms with van der Waals surface area (Å²) in [5.74, 6) is 0.619. The van der Waals surface area contributed by atoms with Gasteiger partial charge < -0.3 is 9.84 Å². The maximum Gasteiger partial charge on any atom is 0.220 e. The molecule has 4 nitrogen and oxygen atoms in total. The van der Waals surface area contributed by atoms with Gasteiger partial charge in [-0.3, -0.25) is 0 Å². The Bertz CT molecular complexity index is 822. The van der Waals surface area contributed by atoms with Gasteiger partial charge in [0.2, 0.25) is 5.88 Å². The van der Waals surface area contributed by atoms with Crippen LogP contribution in [0.1, 0.15) is 5.69 Å². The number of nitrogens with zero attached hydrogens (tertiary/aromatic N) is 2. The second-order valence-corrected chi connectivity index (χ2v) is 4.24. The summed E-state index contributed by atoms with van der Waals surface area (Å²) in [6.07, 6.45) is 0. The number of nitriles is 1. The molecule has 2 aromatic carbocycles. The van der Waals surface area contributed by atoms with Crippen molar-refractivity contribution in [1.29, 1.82) is 5.26 Å². The molecule has 0 aliphatic rings. The molecular weight excluding hydrogens is 252 g/mol. The van der Waals surface area contributed by atoms with E-state index in [0.29, 0.717) is 5.75 Å². The van der Waals surface area contributed by atoms with Gasteiger partial charge in [0.25, 0.3) is 0 Å². The molecule has 1 N–H and O–H groups in total. The summed E-state index contributed by atoms with van der Waals surface area (Å²) < 4.78 is 5.55. The maximum absolute atomic E-state index is 9.98. The Hall–Kier alpha value is -3.06. The molecule has 0 amide bonds. The van der Waals surface area contributed by atoms with Gasteiger partial charge in [-0.2, -0.15) is 5.26 Å². The number of phenolic OH excluding ortho intramolecular Hbond substituents is 1. The van der Waals surface area contributed by atoms with Crippen LogP contribution >= 0.6 is 0 Å². The van der Waals surface area contributed by atoms with E-state index >= 15 is 0 Å². The summed E-state index contributed by atoms with van der Waals surface area (Å²) in [5.41, 5.74) is 0.266. The van der Waals surface area contributed by atoms with Crippen molar-refractivity contribution in [3.63, 3.8) is 0 Å². The third-order valence-corrected chi connectivity index (χ3v) is 2.88. The summed E-state index contributed by atoms with van der Waals surface area (Å²) in [7, 11) is 0. The molecule has 0 bridgehead atoms. The van der Waals surface area contributed by atoms with Crippen molar-refractivity contribution in [3.05, 3.63) is 60.3 Å². The summed E-state index contributed by atoms with van der Waals surface area (Å²) in [6, 6.07) is 17.9. The third kappa shape index (κ3) is 2.25. The summed E-state index contributed by atoms with van der Waals surface area (Å²) in [5, 5.41) is 20.7. The van der Waals surface area contributed by atoms with Crippen molar-refractivity contribution in [2.45, 2.75) is 0 Å². The largest absolute Gasteiger partial charge is 0.504 e. The molecule has 0 saturated carbocycles. The number of hydrogen-bond acceptors (Lipinski definition) is 4. The molecule has 0 aliphatic carbocycles. The molecule has 1 aromatic heterocycles. The van der Waals surface area contributed by atoms with Crippen molar-refractivity contribution in [1.82, 2.24) is 4.98 Å². The molecule has 0 unspecified atom stereocenters. The van der Waals surface area contributed by atoms with Crippen molar-refractivity contribution < 1.29 is 9.84 Å². The highest BCUT2D eigenvalue weighted by Gasteiger charge is 2.07. The summed E-state index contributed by atoms with van der Waals surface area (Å²) in [6.45, 7) is 0. The zero-order valence-electron chi connectivity index (χ0n) is 10.4. The molecule has 0 radical (unpaired) electrons. The Balaban J connectivity index is 2.01. The first-order chi connectivity index (χ1) is 9.76. The van der Waals surface area contributed by atoms with Crippen LogP contribution in [0.5, 0.6) is 17.4 Å². The zero-order valence-corrected chi connectivity index (χ0v) is 10.4. The number of aromatic nitrogens is 1. The lowest BCUT2D eigenvalue weighted by Crippen LogP contribution is -1.90. The van der Waals surface area contributed by atoms with Gasteiger partial charge >= 0.3 is 0 Å². The molecule has 0 atom stereocenters.